The lowest BCUT2D eigenvalue weighted by molar-refractivity contribution is -0.160. The van der Waals surface area contributed by atoms with Crippen LogP contribution in [0.25, 0.3) is 17.2 Å². The molecule has 0 bridgehead atoms. The summed E-state index contributed by atoms with van der Waals surface area (Å²) in [6, 6.07) is 11.1. The zero-order valence-corrected chi connectivity index (χ0v) is 14.9. The Labute approximate surface area is 157 Å². The van der Waals surface area contributed by atoms with Crippen LogP contribution in [0.1, 0.15) is 31.0 Å². The molecule has 3 rings (SSSR count). The van der Waals surface area contributed by atoms with Crippen molar-refractivity contribution in [3.8, 4) is 17.2 Å². The summed E-state index contributed by atoms with van der Waals surface area (Å²) in [6.07, 6.45) is 4.16. The van der Waals surface area contributed by atoms with E-state index >= 15 is 0 Å². The van der Waals surface area contributed by atoms with Gasteiger partial charge in [-0.25, -0.2) is 15.0 Å². The maximum atomic E-state index is 12.4. The molecule has 0 saturated heterocycles. The predicted molar refractivity (Wildman–Crippen MR) is 102 cm³/mol. The number of pyridine rings is 1. The Morgan fingerprint density at radius 3 is 2.78 bits per heavy atom. The van der Waals surface area contributed by atoms with Crippen LogP contribution in [0.4, 0.5) is 5.69 Å². The van der Waals surface area contributed by atoms with Gasteiger partial charge < -0.3 is 5.73 Å². The molecule has 7 nitrogen and oxygen atoms in total. The van der Waals surface area contributed by atoms with Crippen LogP contribution in [0.3, 0.4) is 0 Å². The molecule has 0 unspecified atom stereocenters. The van der Waals surface area contributed by atoms with E-state index in [0.717, 1.165) is 16.7 Å². The lowest BCUT2D eigenvalue weighted by Crippen LogP contribution is -2.30. The van der Waals surface area contributed by atoms with Gasteiger partial charge in [-0.2, -0.15) is 5.26 Å². The van der Waals surface area contributed by atoms with Gasteiger partial charge in [-0.1, -0.05) is 19.1 Å². The number of aliphatic imine (C=N–C) groups is 1. The van der Waals surface area contributed by atoms with Crippen molar-refractivity contribution in [2.24, 2.45) is 10.7 Å². The fraction of sp³-hybridized carbons (Fsp3) is 0.200. The molecule has 27 heavy (non-hydrogen) atoms. The minimum absolute atomic E-state index is 0.169. The number of fused-ring (bicyclic) bond motifs is 1. The van der Waals surface area contributed by atoms with Crippen LogP contribution in [0.2, 0.25) is 0 Å². The number of nitrogens with two attached hydrogens (primary N) is 1. The molecule has 1 aromatic heterocycles. The summed E-state index contributed by atoms with van der Waals surface area (Å²) in [5, 5.41) is 19.4. The van der Waals surface area contributed by atoms with Gasteiger partial charge in [0.05, 0.1) is 5.69 Å². The Bertz CT molecular complexity index is 971. The highest BCUT2D eigenvalue weighted by atomic mass is 16.5. The third kappa shape index (κ3) is 4.02. The number of hydrogen-bond acceptors (Lipinski definition) is 6. The largest absolute Gasteiger partial charge is 0.387 e. The van der Waals surface area contributed by atoms with E-state index in [2.05, 4.69) is 9.98 Å². The highest BCUT2D eigenvalue weighted by molar-refractivity contribution is 6.05. The van der Waals surface area contributed by atoms with Crippen LogP contribution in [-0.2, 0) is 4.79 Å². The fourth-order valence-electron chi connectivity index (χ4n) is 2.82. The maximum absolute atomic E-state index is 12.4. The standard InChI is InChI=1S/C20H19N5O2/c1-2-7-25(27)20(26)16-8-14-4-3-13(9-18(14)24-19(22)10-16)15-5-6-17(11-21)23-12-15/h3-6,8-9,12,27H,2,7,10H2,1H3,(H2,22,24). The minimum atomic E-state index is -0.469. The van der Waals surface area contributed by atoms with Crippen molar-refractivity contribution in [3.05, 3.63) is 53.4 Å². The van der Waals surface area contributed by atoms with Gasteiger partial charge in [0, 0.05) is 35.9 Å². The van der Waals surface area contributed by atoms with Crippen LogP contribution >= 0.6 is 0 Å². The predicted octanol–water partition coefficient (Wildman–Crippen LogP) is 3.02. The highest BCUT2D eigenvalue weighted by Gasteiger charge is 2.20. The quantitative estimate of drug-likeness (QED) is 0.641. The first kappa shape index (κ1) is 18.3. The first-order chi connectivity index (χ1) is 13.0. The monoisotopic (exact) mass is 361 g/mol. The number of nitrogens with zero attached hydrogens (tertiary/aromatic N) is 4. The van der Waals surface area contributed by atoms with Gasteiger partial charge in [-0.05, 0) is 36.3 Å². The number of aromatic nitrogens is 1. The van der Waals surface area contributed by atoms with Gasteiger partial charge in [0.1, 0.15) is 17.6 Å². The summed E-state index contributed by atoms with van der Waals surface area (Å²) < 4.78 is 0. The summed E-state index contributed by atoms with van der Waals surface area (Å²) in [6.45, 7) is 2.13. The lowest BCUT2D eigenvalue weighted by atomic mass is 10.0. The number of carbonyl (C=O) groups is 1. The molecule has 2 heterocycles. The number of benzene rings is 1. The summed E-state index contributed by atoms with van der Waals surface area (Å²) in [5.74, 6) is -0.170. The third-order valence-corrected chi connectivity index (χ3v) is 4.15. The molecule has 1 amide bonds. The number of rotatable bonds is 4. The highest BCUT2D eigenvalue weighted by Crippen LogP contribution is 2.31. The van der Waals surface area contributed by atoms with E-state index in [-0.39, 0.29) is 13.0 Å². The molecule has 2 aromatic rings. The van der Waals surface area contributed by atoms with E-state index in [0.29, 0.717) is 34.3 Å². The average Bonchev–Trinajstić information content (AvgIpc) is 2.84. The third-order valence-electron chi connectivity index (χ3n) is 4.15. The molecule has 0 radical (unpaired) electrons. The van der Waals surface area contributed by atoms with Gasteiger partial charge in [0.2, 0.25) is 0 Å². The van der Waals surface area contributed by atoms with Crippen molar-refractivity contribution >= 4 is 23.5 Å². The van der Waals surface area contributed by atoms with Gasteiger partial charge in [-0.15, -0.1) is 0 Å². The summed E-state index contributed by atoms with van der Waals surface area (Å²) >= 11 is 0. The molecule has 0 fully saturated rings. The first-order valence-corrected chi connectivity index (χ1v) is 8.56. The number of amides is 1. The number of carbonyl (C=O) groups excluding carboxylic acids is 1. The van der Waals surface area contributed by atoms with Crippen molar-refractivity contribution in [1.29, 1.82) is 5.26 Å². The van der Waals surface area contributed by atoms with Crippen molar-refractivity contribution in [3.63, 3.8) is 0 Å². The molecule has 136 valence electrons. The van der Waals surface area contributed by atoms with Crippen LogP contribution in [0, 0.1) is 11.3 Å². The number of hydroxylamine groups is 2. The zero-order chi connectivity index (χ0) is 19.4. The topological polar surface area (TPSA) is 116 Å². The Morgan fingerprint density at radius 2 is 2.11 bits per heavy atom. The molecule has 0 saturated carbocycles. The Balaban J connectivity index is 1.97. The van der Waals surface area contributed by atoms with E-state index in [4.69, 9.17) is 11.0 Å². The lowest BCUT2D eigenvalue weighted by Gasteiger charge is -2.15. The molecule has 0 spiro atoms. The van der Waals surface area contributed by atoms with Crippen molar-refractivity contribution in [1.82, 2.24) is 10.0 Å². The van der Waals surface area contributed by atoms with Crippen LogP contribution in [0.15, 0.2) is 47.1 Å². The van der Waals surface area contributed by atoms with Crippen LogP contribution in [-0.4, -0.2) is 33.5 Å². The smallest absolute Gasteiger partial charge is 0.273 e. The molecule has 1 aliphatic heterocycles. The summed E-state index contributed by atoms with van der Waals surface area (Å²) in [7, 11) is 0. The number of nitriles is 1. The van der Waals surface area contributed by atoms with Gasteiger partial charge in [0.25, 0.3) is 5.91 Å². The van der Waals surface area contributed by atoms with E-state index in [1.165, 1.54) is 0 Å². The molecular formula is C20H19N5O2. The Morgan fingerprint density at radius 1 is 1.33 bits per heavy atom. The van der Waals surface area contributed by atoms with E-state index in [9.17, 15) is 10.0 Å². The second-order valence-corrected chi connectivity index (χ2v) is 6.20. The summed E-state index contributed by atoms with van der Waals surface area (Å²) in [5.41, 5.74) is 9.83. The second kappa shape index (κ2) is 7.81. The van der Waals surface area contributed by atoms with E-state index < -0.39 is 5.91 Å². The maximum Gasteiger partial charge on any atom is 0.273 e. The van der Waals surface area contributed by atoms with E-state index in [1.807, 2.05) is 37.3 Å². The molecule has 0 aliphatic carbocycles. The molecule has 3 N–H and O–H groups in total. The van der Waals surface area contributed by atoms with Crippen LogP contribution < -0.4 is 5.73 Å². The van der Waals surface area contributed by atoms with Crippen LogP contribution in [0.5, 0.6) is 0 Å². The molecule has 1 aliphatic rings. The second-order valence-electron chi connectivity index (χ2n) is 6.20. The number of amidine groups is 1. The molecule has 1 aromatic carbocycles. The van der Waals surface area contributed by atoms with Gasteiger partial charge >= 0.3 is 0 Å². The molecule has 7 heteroatoms. The minimum Gasteiger partial charge on any atom is -0.387 e. The average molecular weight is 361 g/mol. The van der Waals surface area contributed by atoms with Crippen molar-refractivity contribution in [2.45, 2.75) is 19.8 Å². The summed E-state index contributed by atoms with van der Waals surface area (Å²) in [4.78, 5) is 20.9. The Hall–Kier alpha value is -3.50. The zero-order valence-electron chi connectivity index (χ0n) is 14.9. The van der Waals surface area contributed by atoms with Gasteiger partial charge in [0.15, 0.2) is 0 Å². The molecule has 0 atom stereocenters. The Kier molecular flexibility index (Phi) is 5.29. The molecular weight excluding hydrogens is 342 g/mol. The van der Waals surface area contributed by atoms with E-state index in [1.54, 1.807) is 18.3 Å². The van der Waals surface area contributed by atoms with Crippen molar-refractivity contribution in [2.75, 3.05) is 6.54 Å². The SMILES string of the molecule is CCCN(O)C(=O)C1=Cc2ccc(-c3ccc(C#N)nc3)cc2N=C(N)C1. The van der Waals surface area contributed by atoms with Gasteiger partial charge in [-0.3, -0.25) is 10.0 Å². The van der Waals surface area contributed by atoms with Crippen molar-refractivity contribution < 1.29 is 10.0 Å². The fourth-order valence-corrected chi connectivity index (χ4v) is 2.82. The first-order valence-electron chi connectivity index (χ1n) is 8.56. The normalized spacial score (nSPS) is 12.9. The number of hydrogen-bond donors (Lipinski definition) is 2.